The van der Waals surface area contributed by atoms with Crippen LogP contribution in [0.15, 0.2) is 42.5 Å². The molecule has 0 aromatic heterocycles. The number of anilines is 1. The van der Waals surface area contributed by atoms with E-state index in [1.54, 1.807) is 11.0 Å². The lowest BCUT2D eigenvalue weighted by Gasteiger charge is -2.32. The monoisotopic (exact) mass is 516 g/mol. The second kappa shape index (κ2) is 9.62. The molecule has 1 aliphatic heterocycles. The van der Waals surface area contributed by atoms with Crippen molar-refractivity contribution in [3.05, 3.63) is 65.0 Å². The SMILES string of the molecule is N#Cc1cccc([C@]23CC[C@@H](N(CCN4CC[C@@H](O)C4)C(=O)Nc4ccc(F)c(C(F)(F)F)c4)[C@H]2C3)c1. The summed E-state index contributed by atoms with van der Waals surface area (Å²) in [5, 5.41) is 21.7. The molecule has 0 spiro atoms. The first kappa shape index (κ1) is 25.5. The number of hydrogen-bond donors (Lipinski definition) is 2. The van der Waals surface area contributed by atoms with E-state index in [-0.39, 0.29) is 23.1 Å². The molecule has 2 saturated carbocycles. The molecule has 6 nitrogen and oxygen atoms in total. The van der Waals surface area contributed by atoms with Gasteiger partial charge >= 0.3 is 12.2 Å². The van der Waals surface area contributed by atoms with Crippen LogP contribution in [0, 0.1) is 23.1 Å². The molecule has 2 aromatic rings. The molecule has 196 valence electrons. The van der Waals surface area contributed by atoms with Gasteiger partial charge in [-0.2, -0.15) is 18.4 Å². The van der Waals surface area contributed by atoms with E-state index in [0.29, 0.717) is 50.3 Å². The number of hydrogen-bond acceptors (Lipinski definition) is 4. The Hall–Kier alpha value is -3.16. The highest BCUT2D eigenvalue weighted by molar-refractivity contribution is 5.89. The van der Waals surface area contributed by atoms with Crippen LogP contribution in [0.4, 0.5) is 28.0 Å². The van der Waals surface area contributed by atoms with Crippen molar-refractivity contribution in [3.63, 3.8) is 0 Å². The van der Waals surface area contributed by atoms with Gasteiger partial charge in [0.15, 0.2) is 0 Å². The predicted octanol–water partition coefficient (Wildman–Crippen LogP) is 4.74. The Morgan fingerprint density at radius 3 is 2.73 bits per heavy atom. The van der Waals surface area contributed by atoms with Crippen molar-refractivity contribution in [2.24, 2.45) is 5.92 Å². The third-order valence-electron chi connectivity index (χ3n) is 8.14. The average molecular weight is 517 g/mol. The average Bonchev–Trinajstić information content (AvgIpc) is 3.27. The quantitative estimate of drug-likeness (QED) is 0.544. The van der Waals surface area contributed by atoms with Gasteiger partial charge in [-0.25, -0.2) is 9.18 Å². The van der Waals surface area contributed by atoms with E-state index < -0.39 is 29.7 Å². The fourth-order valence-corrected chi connectivity index (χ4v) is 6.18. The highest BCUT2D eigenvalue weighted by Crippen LogP contribution is 2.65. The summed E-state index contributed by atoms with van der Waals surface area (Å²) in [6.45, 7) is 2.10. The Morgan fingerprint density at radius 1 is 1.24 bits per heavy atom. The molecule has 3 aliphatic rings. The van der Waals surface area contributed by atoms with Gasteiger partial charge in [0, 0.05) is 43.3 Å². The summed E-state index contributed by atoms with van der Waals surface area (Å²) in [5.74, 6) is -1.22. The number of nitriles is 1. The van der Waals surface area contributed by atoms with Crippen LogP contribution < -0.4 is 5.32 Å². The highest BCUT2D eigenvalue weighted by atomic mass is 19.4. The smallest absolute Gasteiger partial charge is 0.392 e. The number of carbonyl (C=O) groups excluding carboxylic acids is 1. The molecular formula is C27H28F4N4O2. The second-order valence-electron chi connectivity index (χ2n) is 10.3. The largest absolute Gasteiger partial charge is 0.419 e. The minimum absolute atomic E-state index is 0.112. The molecular weight excluding hydrogens is 488 g/mol. The van der Waals surface area contributed by atoms with Gasteiger partial charge in [-0.3, -0.25) is 4.90 Å². The summed E-state index contributed by atoms with van der Waals surface area (Å²) in [7, 11) is 0. The number of aliphatic hydroxyl groups excluding tert-OH is 1. The molecule has 5 rings (SSSR count). The van der Waals surface area contributed by atoms with E-state index in [9.17, 15) is 32.7 Å². The molecule has 10 heteroatoms. The Kier molecular flexibility index (Phi) is 6.62. The third kappa shape index (κ3) is 5.03. The zero-order valence-electron chi connectivity index (χ0n) is 20.1. The molecule has 3 fully saturated rings. The number of benzene rings is 2. The van der Waals surface area contributed by atoms with Gasteiger partial charge in [0.05, 0.1) is 23.3 Å². The molecule has 0 unspecified atom stereocenters. The van der Waals surface area contributed by atoms with E-state index in [4.69, 9.17) is 0 Å². The van der Waals surface area contributed by atoms with Crippen molar-refractivity contribution < 1.29 is 27.5 Å². The van der Waals surface area contributed by atoms with Gasteiger partial charge in [-0.05, 0) is 67.5 Å². The molecule has 0 radical (unpaired) electrons. The topological polar surface area (TPSA) is 79.6 Å². The van der Waals surface area contributed by atoms with Gasteiger partial charge in [0.1, 0.15) is 5.82 Å². The maximum absolute atomic E-state index is 13.8. The Labute approximate surface area is 212 Å². The van der Waals surface area contributed by atoms with Gasteiger partial charge in [0.25, 0.3) is 0 Å². The fraction of sp³-hybridized carbons (Fsp3) is 0.481. The number of aliphatic hydroxyl groups is 1. The predicted molar refractivity (Wildman–Crippen MR) is 128 cm³/mol. The molecule has 1 saturated heterocycles. The lowest BCUT2D eigenvalue weighted by molar-refractivity contribution is -0.139. The highest BCUT2D eigenvalue weighted by Gasteiger charge is 2.64. The van der Waals surface area contributed by atoms with E-state index in [2.05, 4.69) is 16.3 Å². The Bertz CT molecular complexity index is 1230. The van der Waals surface area contributed by atoms with Crippen molar-refractivity contribution >= 4 is 11.7 Å². The molecule has 4 atom stereocenters. The minimum atomic E-state index is -4.88. The summed E-state index contributed by atoms with van der Waals surface area (Å²) in [4.78, 5) is 17.2. The number of nitrogens with one attached hydrogen (secondary N) is 1. The normalized spacial score (nSPS) is 27.0. The zero-order valence-corrected chi connectivity index (χ0v) is 20.1. The number of carbonyl (C=O) groups is 1. The number of amides is 2. The second-order valence-corrected chi connectivity index (χ2v) is 10.3. The summed E-state index contributed by atoms with van der Waals surface area (Å²) in [5.41, 5.74) is -0.000932. The van der Waals surface area contributed by atoms with Crippen LogP contribution in [0.3, 0.4) is 0 Å². The van der Waals surface area contributed by atoms with Crippen molar-refractivity contribution in [1.29, 1.82) is 5.26 Å². The zero-order chi connectivity index (χ0) is 26.4. The van der Waals surface area contributed by atoms with Crippen LogP contribution in [0.5, 0.6) is 0 Å². The van der Waals surface area contributed by atoms with Crippen LogP contribution in [0.1, 0.15) is 42.4 Å². The number of alkyl halides is 3. The number of urea groups is 1. The van der Waals surface area contributed by atoms with Gasteiger partial charge in [-0.15, -0.1) is 0 Å². The summed E-state index contributed by atoms with van der Waals surface area (Å²) >= 11 is 0. The lowest BCUT2D eigenvalue weighted by atomic mass is 9.92. The third-order valence-corrected chi connectivity index (χ3v) is 8.14. The Balaban J connectivity index is 1.36. The van der Waals surface area contributed by atoms with E-state index in [1.165, 1.54) is 0 Å². The maximum atomic E-state index is 13.8. The number of halogens is 4. The van der Waals surface area contributed by atoms with E-state index in [0.717, 1.165) is 30.9 Å². The molecule has 0 bridgehead atoms. The first-order valence-electron chi connectivity index (χ1n) is 12.5. The number of likely N-dealkylation sites (tertiary alicyclic amines) is 1. The lowest BCUT2D eigenvalue weighted by Crippen LogP contribution is -2.47. The van der Waals surface area contributed by atoms with Crippen LogP contribution in [-0.2, 0) is 11.6 Å². The Morgan fingerprint density at radius 2 is 2.05 bits per heavy atom. The maximum Gasteiger partial charge on any atom is 0.419 e. The van der Waals surface area contributed by atoms with Crippen molar-refractivity contribution in [3.8, 4) is 6.07 Å². The molecule has 2 N–H and O–H groups in total. The minimum Gasteiger partial charge on any atom is -0.392 e. The van der Waals surface area contributed by atoms with Crippen LogP contribution in [0.25, 0.3) is 0 Å². The van der Waals surface area contributed by atoms with Crippen LogP contribution in [-0.4, -0.2) is 59.3 Å². The molecule has 37 heavy (non-hydrogen) atoms. The van der Waals surface area contributed by atoms with Crippen LogP contribution in [0.2, 0.25) is 0 Å². The van der Waals surface area contributed by atoms with Crippen LogP contribution >= 0.6 is 0 Å². The number of rotatable bonds is 6. The van der Waals surface area contributed by atoms with E-state index in [1.807, 2.05) is 18.2 Å². The first-order valence-corrected chi connectivity index (χ1v) is 12.5. The standard InChI is InChI=1S/C27H28F4N4O2/c28-23-5-4-19(13-21(23)27(29,30)31)33-25(37)35(11-10-34-9-7-20(36)16-34)24-6-8-26(14-22(24)26)18-3-1-2-17(12-18)15-32/h1-5,12-13,20,22,24,36H,6-11,14,16H2,(H,33,37)/t20-,22-,24-,26-/m1/s1. The summed E-state index contributed by atoms with van der Waals surface area (Å²) in [6, 6.07) is 11.5. The van der Waals surface area contributed by atoms with Gasteiger partial charge in [0.2, 0.25) is 0 Å². The first-order chi connectivity index (χ1) is 17.6. The number of nitrogens with zero attached hydrogens (tertiary/aromatic N) is 3. The van der Waals surface area contributed by atoms with Crippen molar-refractivity contribution in [1.82, 2.24) is 9.80 Å². The number of fused-ring (bicyclic) bond motifs is 1. The molecule has 1 heterocycles. The van der Waals surface area contributed by atoms with E-state index >= 15 is 0 Å². The molecule has 2 aliphatic carbocycles. The molecule has 2 amide bonds. The van der Waals surface area contributed by atoms with Crippen molar-refractivity contribution in [2.45, 2.75) is 49.4 Å². The summed E-state index contributed by atoms with van der Waals surface area (Å²) in [6.07, 6.45) is -2.18. The van der Waals surface area contributed by atoms with Gasteiger partial charge in [-0.1, -0.05) is 12.1 Å². The van der Waals surface area contributed by atoms with Crippen molar-refractivity contribution in [2.75, 3.05) is 31.5 Å². The van der Waals surface area contributed by atoms with Gasteiger partial charge < -0.3 is 15.3 Å². The summed E-state index contributed by atoms with van der Waals surface area (Å²) < 4.78 is 53.4. The molecule has 2 aromatic carbocycles. The fourth-order valence-electron chi connectivity index (χ4n) is 6.18. The number of β-amino-alcohol motifs (C(OH)–C–C–N with tert-alkyl or cyclic N) is 1.